The minimum Gasteiger partial charge on any atom is -0.352 e. The first-order chi connectivity index (χ1) is 7.00. The van der Waals surface area contributed by atoms with Crippen LogP contribution in [0.5, 0.6) is 0 Å². The minimum atomic E-state index is -4.38. The molecule has 3 N–H and O–H groups in total. The van der Waals surface area contributed by atoms with Crippen LogP contribution in [0, 0.1) is 0 Å². The smallest absolute Gasteiger partial charge is 0.352 e. The Kier molecular flexibility index (Phi) is 2.34. The molecule has 4 nitrogen and oxygen atoms in total. The van der Waals surface area contributed by atoms with E-state index in [1.54, 1.807) is 0 Å². The third-order valence-corrected chi connectivity index (χ3v) is 2.40. The van der Waals surface area contributed by atoms with Crippen LogP contribution in [0.25, 0.3) is 0 Å². The molecule has 0 aliphatic carbocycles. The lowest BCUT2D eigenvalue weighted by Gasteiger charge is -2.23. The molecule has 0 aromatic carbocycles. The largest absolute Gasteiger partial charge is 0.434 e. The zero-order chi connectivity index (χ0) is 11.1. The molecule has 0 fully saturated rings. The van der Waals surface area contributed by atoms with Crippen LogP contribution in [0.1, 0.15) is 12.1 Å². The fourth-order valence-corrected chi connectivity index (χ4v) is 1.56. The topological polar surface area (TPSA) is 55.9 Å². The van der Waals surface area contributed by atoms with Crippen molar-refractivity contribution in [2.75, 3.05) is 11.9 Å². The number of alkyl halides is 3. The number of nitrogens with zero attached hydrogens (tertiary/aromatic N) is 2. The maximum Gasteiger partial charge on any atom is 0.434 e. The van der Waals surface area contributed by atoms with Crippen molar-refractivity contribution in [3.63, 3.8) is 0 Å². The Morgan fingerprint density at radius 2 is 2.33 bits per heavy atom. The molecule has 0 spiro atoms. The summed E-state index contributed by atoms with van der Waals surface area (Å²) >= 11 is 0. The molecule has 84 valence electrons. The van der Waals surface area contributed by atoms with Crippen LogP contribution in [0.2, 0.25) is 0 Å². The third-order valence-electron chi connectivity index (χ3n) is 2.40. The number of halogens is 3. The first kappa shape index (κ1) is 10.3. The lowest BCUT2D eigenvalue weighted by Crippen LogP contribution is -2.34. The summed E-state index contributed by atoms with van der Waals surface area (Å²) in [6.45, 7) is 0.918. The van der Waals surface area contributed by atoms with E-state index in [2.05, 4.69) is 10.3 Å². The molecule has 1 aromatic heterocycles. The molecular weight excluding hydrogens is 209 g/mol. The second-order valence-corrected chi connectivity index (χ2v) is 3.51. The molecular formula is C8H11F3N4. The molecule has 7 heteroatoms. The predicted octanol–water partition coefficient (Wildman–Crippen LogP) is 1.04. The van der Waals surface area contributed by atoms with Crippen LogP contribution in [0.15, 0.2) is 6.20 Å². The van der Waals surface area contributed by atoms with Gasteiger partial charge in [0.15, 0.2) is 5.69 Å². The summed E-state index contributed by atoms with van der Waals surface area (Å²) < 4.78 is 38.4. The minimum absolute atomic E-state index is 0.0148. The summed E-state index contributed by atoms with van der Waals surface area (Å²) in [6, 6.07) is 0.0148. The standard InChI is InChI=1S/C8H11F3N4/c9-8(10,11)6-4-15-2-1-5(3-12)13-7(15)14-6/h4-5H,1-3,12H2,(H,13,14). The van der Waals surface area contributed by atoms with Gasteiger partial charge >= 0.3 is 6.18 Å². The van der Waals surface area contributed by atoms with Gasteiger partial charge in [0.2, 0.25) is 5.95 Å². The highest BCUT2D eigenvalue weighted by molar-refractivity contribution is 5.33. The molecule has 0 amide bonds. The van der Waals surface area contributed by atoms with E-state index in [-0.39, 0.29) is 12.0 Å². The number of aryl methyl sites for hydroxylation is 1. The Balaban J connectivity index is 2.26. The van der Waals surface area contributed by atoms with Crippen LogP contribution in [-0.2, 0) is 12.7 Å². The molecule has 15 heavy (non-hydrogen) atoms. The van der Waals surface area contributed by atoms with Gasteiger partial charge in [-0.3, -0.25) is 0 Å². The number of fused-ring (bicyclic) bond motifs is 1. The predicted molar refractivity (Wildman–Crippen MR) is 48.3 cm³/mol. The van der Waals surface area contributed by atoms with E-state index in [4.69, 9.17) is 5.73 Å². The second-order valence-electron chi connectivity index (χ2n) is 3.51. The second kappa shape index (κ2) is 3.41. The molecule has 0 bridgehead atoms. The van der Waals surface area contributed by atoms with Gasteiger partial charge in [-0.1, -0.05) is 0 Å². The van der Waals surface area contributed by atoms with E-state index < -0.39 is 11.9 Å². The van der Waals surface area contributed by atoms with Crippen LogP contribution in [0.3, 0.4) is 0 Å². The normalized spacial score (nSPS) is 20.9. The van der Waals surface area contributed by atoms with Gasteiger partial charge in [-0.05, 0) is 6.42 Å². The van der Waals surface area contributed by atoms with Crippen molar-refractivity contribution in [1.29, 1.82) is 0 Å². The molecule has 1 aromatic rings. The van der Waals surface area contributed by atoms with Gasteiger partial charge in [0.1, 0.15) is 0 Å². The van der Waals surface area contributed by atoms with Crippen LogP contribution in [0.4, 0.5) is 19.1 Å². The van der Waals surface area contributed by atoms with Gasteiger partial charge in [-0.15, -0.1) is 0 Å². The van der Waals surface area contributed by atoms with E-state index >= 15 is 0 Å². The van der Waals surface area contributed by atoms with E-state index in [0.29, 0.717) is 13.1 Å². The van der Waals surface area contributed by atoms with Gasteiger partial charge in [0.05, 0.1) is 0 Å². The summed E-state index contributed by atoms with van der Waals surface area (Å²) in [5, 5.41) is 2.87. The summed E-state index contributed by atoms with van der Waals surface area (Å²) in [5.41, 5.74) is 4.57. The quantitative estimate of drug-likeness (QED) is 0.743. The SMILES string of the molecule is NCC1CCn2cc(C(F)(F)F)nc2N1. The highest BCUT2D eigenvalue weighted by Crippen LogP contribution is 2.30. The Hall–Kier alpha value is -1.24. The van der Waals surface area contributed by atoms with E-state index in [9.17, 15) is 13.2 Å². The van der Waals surface area contributed by atoms with Gasteiger partial charge in [-0.25, -0.2) is 4.98 Å². The number of anilines is 1. The highest BCUT2D eigenvalue weighted by atomic mass is 19.4. The first-order valence-electron chi connectivity index (χ1n) is 4.61. The number of rotatable bonds is 1. The number of nitrogens with two attached hydrogens (primary N) is 1. The van der Waals surface area contributed by atoms with Gasteiger partial charge in [0, 0.05) is 25.3 Å². The summed E-state index contributed by atoms with van der Waals surface area (Å²) in [5.74, 6) is 0.254. The maximum atomic E-state index is 12.3. The van der Waals surface area contributed by atoms with Crippen molar-refractivity contribution in [1.82, 2.24) is 9.55 Å². The zero-order valence-corrected chi connectivity index (χ0v) is 7.88. The summed E-state index contributed by atoms with van der Waals surface area (Å²) in [7, 11) is 0. The molecule has 2 rings (SSSR count). The molecule has 1 aliphatic heterocycles. The van der Waals surface area contributed by atoms with Crippen molar-refractivity contribution in [2.45, 2.75) is 25.2 Å². The van der Waals surface area contributed by atoms with E-state index in [1.807, 2.05) is 0 Å². The van der Waals surface area contributed by atoms with E-state index in [1.165, 1.54) is 4.57 Å². The van der Waals surface area contributed by atoms with Crippen molar-refractivity contribution in [2.24, 2.45) is 5.73 Å². The number of imidazole rings is 1. The molecule has 1 unspecified atom stereocenters. The molecule has 0 radical (unpaired) electrons. The number of hydrogen-bond donors (Lipinski definition) is 2. The van der Waals surface area contributed by atoms with Gasteiger partial charge in [-0.2, -0.15) is 13.2 Å². The van der Waals surface area contributed by atoms with Gasteiger partial charge in [0.25, 0.3) is 0 Å². The average Bonchev–Trinajstić information content (AvgIpc) is 2.59. The summed E-state index contributed by atoms with van der Waals surface area (Å²) in [4.78, 5) is 3.49. The van der Waals surface area contributed by atoms with E-state index in [0.717, 1.165) is 12.6 Å². The van der Waals surface area contributed by atoms with Crippen molar-refractivity contribution < 1.29 is 13.2 Å². The Morgan fingerprint density at radius 1 is 1.60 bits per heavy atom. The zero-order valence-electron chi connectivity index (χ0n) is 7.88. The van der Waals surface area contributed by atoms with Gasteiger partial charge < -0.3 is 15.6 Å². The van der Waals surface area contributed by atoms with Crippen LogP contribution in [-0.4, -0.2) is 22.1 Å². The molecule has 1 atom stereocenters. The average molecular weight is 220 g/mol. The van der Waals surface area contributed by atoms with Crippen LogP contribution >= 0.6 is 0 Å². The molecule has 0 saturated heterocycles. The first-order valence-corrected chi connectivity index (χ1v) is 4.61. The number of aromatic nitrogens is 2. The fourth-order valence-electron chi connectivity index (χ4n) is 1.56. The lowest BCUT2D eigenvalue weighted by atomic mass is 10.2. The Morgan fingerprint density at radius 3 is 2.93 bits per heavy atom. The monoisotopic (exact) mass is 220 g/mol. The number of nitrogens with one attached hydrogen (secondary N) is 1. The van der Waals surface area contributed by atoms with Crippen molar-refractivity contribution >= 4 is 5.95 Å². The van der Waals surface area contributed by atoms with Crippen molar-refractivity contribution in [3.05, 3.63) is 11.9 Å². The Labute approximate surface area is 84.3 Å². The highest BCUT2D eigenvalue weighted by Gasteiger charge is 2.35. The fraction of sp³-hybridized carbons (Fsp3) is 0.625. The summed E-state index contributed by atoms with van der Waals surface area (Å²) in [6.07, 6.45) is -2.64. The third kappa shape index (κ3) is 1.92. The Bertz CT molecular complexity index is 357. The maximum absolute atomic E-state index is 12.3. The molecule has 2 heterocycles. The molecule has 0 saturated carbocycles. The lowest BCUT2D eigenvalue weighted by molar-refractivity contribution is -0.140. The van der Waals surface area contributed by atoms with Crippen molar-refractivity contribution in [3.8, 4) is 0 Å². The molecule has 1 aliphatic rings. The number of hydrogen-bond acceptors (Lipinski definition) is 3. The van der Waals surface area contributed by atoms with Crippen LogP contribution < -0.4 is 11.1 Å².